The van der Waals surface area contributed by atoms with Crippen molar-refractivity contribution in [1.82, 2.24) is 15.1 Å². The summed E-state index contributed by atoms with van der Waals surface area (Å²) in [6.07, 6.45) is 2.00. The molecule has 0 spiro atoms. The summed E-state index contributed by atoms with van der Waals surface area (Å²) in [5, 5.41) is 12.6. The van der Waals surface area contributed by atoms with Gasteiger partial charge in [0.25, 0.3) is 0 Å². The number of piperidine rings is 1. The number of anilines is 1. The maximum absolute atomic E-state index is 15.2. The number of rotatable bonds is 5. The second-order valence-corrected chi connectivity index (χ2v) is 11.9. The third-order valence-corrected chi connectivity index (χ3v) is 8.19. The topological polar surface area (TPSA) is 98.1 Å². The molecule has 1 aromatic carbocycles. The van der Waals surface area contributed by atoms with Gasteiger partial charge < -0.3 is 19.7 Å². The number of hydrogen-bond donors (Lipinski definition) is 1. The molecule has 1 aromatic rings. The molecule has 206 valence electrons. The van der Waals surface area contributed by atoms with Crippen LogP contribution in [0.25, 0.3) is 0 Å². The Labute approximate surface area is 223 Å². The van der Waals surface area contributed by atoms with E-state index in [-0.39, 0.29) is 24.3 Å². The van der Waals surface area contributed by atoms with Crippen LogP contribution in [-0.4, -0.2) is 91.0 Å². The molecular formula is C28H38FN5O4. The van der Waals surface area contributed by atoms with Gasteiger partial charge in [-0.1, -0.05) is 6.07 Å². The van der Waals surface area contributed by atoms with Crippen LogP contribution in [0.5, 0.6) is 0 Å². The van der Waals surface area contributed by atoms with Gasteiger partial charge in [0.15, 0.2) is 0 Å². The summed E-state index contributed by atoms with van der Waals surface area (Å²) in [5.74, 6) is -0.730. The number of carbonyl (C=O) groups is 2. The standard InChI is InChI=1S/C28H38FN5O4/c1-28(2,3)38-27(36)34-22-7-5-19(13-22)25(34)26(35)31-20(15-30)12-18-4-6-21(14-24(18)29)33-9-8-32-10-11-37-17-23(32)16-33/h4,6,14,19-20,22-23,25H,5,7-13,16-17H2,1-3H3,(H,31,35). The minimum absolute atomic E-state index is 0.0295. The zero-order valence-corrected chi connectivity index (χ0v) is 22.5. The first-order valence-corrected chi connectivity index (χ1v) is 13.7. The van der Waals surface area contributed by atoms with Crippen molar-refractivity contribution in [3.63, 3.8) is 0 Å². The molecule has 2 bridgehead atoms. The quantitative estimate of drug-likeness (QED) is 0.629. The van der Waals surface area contributed by atoms with Gasteiger partial charge in [0.05, 0.1) is 25.3 Å². The number of benzene rings is 1. The maximum Gasteiger partial charge on any atom is 0.411 e. The molecule has 3 heterocycles. The van der Waals surface area contributed by atoms with Crippen molar-refractivity contribution in [1.29, 1.82) is 5.26 Å². The van der Waals surface area contributed by atoms with E-state index in [1.807, 2.05) is 6.07 Å². The lowest BCUT2D eigenvalue weighted by Gasteiger charge is -2.44. The number of nitriles is 1. The van der Waals surface area contributed by atoms with Crippen LogP contribution in [-0.2, 0) is 20.7 Å². The highest BCUT2D eigenvalue weighted by molar-refractivity contribution is 5.87. The van der Waals surface area contributed by atoms with Crippen molar-refractivity contribution in [2.75, 3.05) is 44.3 Å². The third-order valence-electron chi connectivity index (χ3n) is 8.19. The van der Waals surface area contributed by atoms with Crippen LogP contribution in [0.3, 0.4) is 0 Å². The Morgan fingerprint density at radius 1 is 1.24 bits per heavy atom. The van der Waals surface area contributed by atoms with E-state index < -0.39 is 29.6 Å². The molecule has 38 heavy (non-hydrogen) atoms. The molecule has 2 amide bonds. The first-order chi connectivity index (χ1) is 18.1. The van der Waals surface area contributed by atoms with Crippen LogP contribution in [0.4, 0.5) is 14.9 Å². The van der Waals surface area contributed by atoms with Crippen LogP contribution in [0.1, 0.15) is 45.6 Å². The van der Waals surface area contributed by atoms with Gasteiger partial charge in [-0.05, 0) is 63.6 Å². The Kier molecular flexibility index (Phi) is 7.51. The molecule has 0 aromatic heterocycles. The number of nitrogens with zero attached hydrogens (tertiary/aromatic N) is 4. The summed E-state index contributed by atoms with van der Waals surface area (Å²) in [5.41, 5.74) is 0.512. The Morgan fingerprint density at radius 2 is 2.05 bits per heavy atom. The number of likely N-dealkylation sites (tertiary alicyclic amines) is 1. The van der Waals surface area contributed by atoms with Gasteiger partial charge in [0.2, 0.25) is 5.91 Å². The summed E-state index contributed by atoms with van der Waals surface area (Å²) in [6, 6.07) is 5.91. The van der Waals surface area contributed by atoms with Crippen molar-refractivity contribution in [2.45, 2.75) is 76.2 Å². The fraction of sp³-hybridized carbons (Fsp3) is 0.679. The smallest absolute Gasteiger partial charge is 0.411 e. The van der Waals surface area contributed by atoms with Crippen molar-refractivity contribution in [3.8, 4) is 6.07 Å². The predicted octanol–water partition coefficient (Wildman–Crippen LogP) is 2.69. The van der Waals surface area contributed by atoms with Gasteiger partial charge in [-0.2, -0.15) is 5.26 Å². The number of carbonyl (C=O) groups excluding carboxylic acids is 2. The molecule has 9 nitrogen and oxygen atoms in total. The normalized spacial score (nSPS) is 28.0. The van der Waals surface area contributed by atoms with E-state index in [0.29, 0.717) is 18.2 Å². The maximum atomic E-state index is 15.2. The van der Waals surface area contributed by atoms with Crippen molar-refractivity contribution in [2.24, 2.45) is 5.92 Å². The van der Waals surface area contributed by atoms with Crippen molar-refractivity contribution < 1.29 is 23.5 Å². The highest BCUT2D eigenvalue weighted by Gasteiger charge is 2.52. The molecule has 1 aliphatic carbocycles. The molecule has 0 radical (unpaired) electrons. The SMILES string of the molecule is CC(C)(C)OC(=O)N1C2CCC(C2)C1C(=O)NC(C#N)Cc1ccc(N2CCN3CCOCC3C2)cc1F. The van der Waals surface area contributed by atoms with E-state index in [1.165, 1.54) is 6.07 Å². The molecule has 1 saturated carbocycles. The molecule has 4 aliphatic rings. The largest absolute Gasteiger partial charge is 0.444 e. The number of fused-ring (bicyclic) bond motifs is 3. The van der Waals surface area contributed by atoms with Crippen LogP contribution in [0.2, 0.25) is 0 Å². The van der Waals surface area contributed by atoms with Gasteiger partial charge >= 0.3 is 6.09 Å². The second kappa shape index (κ2) is 10.7. The van der Waals surface area contributed by atoms with Crippen molar-refractivity contribution in [3.05, 3.63) is 29.6 Å². The van der Waals surface area contributed by atoms with Crippen molar-refractivity contribution >= 4 is 17.7 Å². The number of hydrogen-bond acceptors (Lipinski definition) is 7. The fourth-order valence-corrected chi connectivity index (χ4v) is 6.39. The van der Waals surface area contributed by atoms with Gasteiger partial charge in [-0.25, -0.2) is 9.18 Å². The molecule has 3 saturated heterocycles. The van der Waals surface area contributed by atoms with E-state index in [4.69, 9.17) is 9.47 Å². The van der Waals surface area contributed by atoms with Gasteiger partial charge in [0, 0.05) is 44.3 Å². The zero-order valence-electron chi connectivity index (χ0n) is 22.5. The monoisotopic (exact) mass is 527 g/mol. The van der Waals surface area contributed by atoms with E-state index >= 15 is 4.39 Å². The first-order valence-electron chi connectivity index (χ1n) is 13.7. The summed E-state index contributed by atoms with van der Waals surface area (Å²) in [4.78, 5) is 32.3. The summed E-state index contributed by atoms with van der Waals surface area (Å²) in [6.45, 7) is 10.3. The highest BCUT2D eigenvalue weighted by atomic mass is 19.1. The van der Waals surface area contributed by atoms with Crippen LogP contribution >= 0.6 is 0 Å². The molecule has 3 aliphatic heterocycles. The number of nitrogens with one attached hydrogen (secondary N) is 1. The van der Waals surface area contributed by atoms with Gasteiger partial charge in [-0.3, -0.25) is 14.6 Å². The number of morpholine rings is 1. The lowest BCUT2D eigenvalue weighted by molar-refractivity contribution is -0.128. The molecule has 5 unspecified atom stereocenters. The lowest BCUT2D eigenvalue weighted by atomic mass is 9.97. The minimum atomic E-state index is -0.912. The number of halogens is 1. The first kappa shape index (κ1) is 26.7. The van der Waals surface area contributed by atoms with E-state index in [2.05, 4.69) is 21.2 Å². The molecule has 4 fully saturated rings. The third kappa shape index (κ3) is 5.59. The van der Waals surface area contributed by atoms with E-state index in [9.17, 15) is 14.9 Å². The number of piperazine rings is 1. The van der Waals surface area contributed by atoms with Crippen LogP contribution in [0, 0.1) is 23.1 Å². The van der Waals surface area contributed by atoms with Gasteiger partial charge in [0.1, 0.15) is 23.5 Å². The Bertz CT molecular complexity index is 1100. The van der Waals surface area contributed by atoms with E-state index in [0.717, 1.165) is 57.7 Å². The molecule has 5 rings (SSSR count). The van der Waals surface area contributed by atoms with Crippen LogP contribution in [0.15, 0.2) is 18.2 Å². The predicted molar refractivity (Wildman–Crippen MR) is 139 cm³/mol. The Balaban J connectivity index is 1.22. The minimum Gasteiger partial charge on any atom is -0.444 e. The summed E-state index contributed by atoms with van der Waals surface area (Å²) < 4.78 is 26.3. The summed E-state index contributed by atoms with van der Waals surface area (Å²) >= 11 is 0. The number of amides is 2. The molecular weight excluding hydrogens is 489 g/mol. The average Bonchev–Trinajstić information content (AvgIpc) is 3.50. The Hall–Kier alpha value is -2.90. The van der Waals surface area contributed by atoms with Gasteiger partial charge in [-0.15, -0.1) is 0 Å². The fourth-order valence-electron chi connectivity index (χ4n) is 6.39. The average molecular weight is 528 g/mol. The molecule has 5 atom stereocenters. The lowest BCUT2D eigenvalue weighted by Crippen LogP contribution is -2.58. The van der Waals surface area contributed by atoms with Crippen LogP contribution < -0.4 is 10.2 Å². The molecule has 10 heteroatoms. The summed E-state index contributed by atoms with van der Waals surface area (Å²) in [7, 11) is 0. The second-order valence-electron chi connectivity index (χ2n) is 11.9. The zero-order chi connectivity index (χ0) is 27.0. The molecule has 1 N–H and O–H groups in total. The Morgan fingerprint density at radius 3 is 2.79 bits per heavy atom. The number of ether oxygens (including phenoxy) is 2. The highest BCUT2D eigenvalue weighted by Crippen LogP contribution is 2.43. The van der Waals surface area contributed by atoms with E-state index in [1.54, 1.807) is 31.7 Å².